The first-order chi connectivity index (χ1) is 28.2. The molecule has 7 aromatic carbocycles. The van der Waals surface area contributed by atoms with E-state index in [4.69, 9.17) is 0 Å². The lowest BCUT2D eigenvalue weighted by Gasteiger charge is -2.26. The first-order valence-corrected chi connectivity index (χ1v) is 19.7. The minimum atomic E-state index is 1.10. The molecule has 0 spiro atoms. The molecule has 2 nitrogen and oxygen atoms in total. The van der Waals surface area contributed by atoms with Crippen LogP contribution in [0.15, 0.2) is 231 Å². The molecule has 0 unspecified atom stereocenters. The smallest absolute Gasteiger partial charge is 0.0462 e. The van der Waals surface area contributed by atoms with Crippen molar-refractivity contribution in [1.29, 1.82) is 0 Å². The first kappa shape index (κ1) is 36.8. The Bertz CT molecular complexity index is 2540. The zero-order chi connectivity index (χ0) is 38.8. The van der Waals surface area contributed by atoms with Gasteiger partial charge in [-0.2, -0.15) is 0 Å². The van der Waals surface area contributed by atoms with Crippen molar-refractivity contribution >= 4 is 45.3 Å². The highest BCUT2D eigenvalue weighted by molar-refractivity contribution is 5.84. The molecular formula is C55H46N2. The van der Waals surface area contributed by atoms with E-state index in [1.54, 1.807) is 0 Å². The third-order valence-corrected chi connectivity index (χ3v) is 10.4. The van der Waals surface area contributed by atoms with Crippen LogP contribution in [-0.4, -0.2) is 0 Å². The monoisotopic (exact) mass is 734 g/mol. The Hall–Kier alpha value is -7.16. The number of rotatable bonds is 12. The molecule has 0 aliphatic heterocycles. The highest BCUT2D eigenvalue weighted by Gasteiger charge is 2.15. The number of nitrogens with zero attached hydrogens (tertiary/aromatic N) is 2. The molecule has 0 heterocycles. The summed E-state index contributed by atoms with van der Waals surface area (Å²) in [5, 5.41) is 0. The van der Waals surface area contributed by atoms with E-state index in [0.717, 1.165) is 58.1 Å². The fraction of sp³-hybridized carbons (Fsp3) is 0.0545. The van der Waals surface area contributed by atoms with Crippen molar-refractivity contribution in [2.24, 2.45) is 0 Å². The number of benzene rings is 7. The Balaban J connectivity index is 1.05. The van der Waals surface area contributed by atoms with E-state index in [-0.39, 0.29) is 0 Å². The summed E-state index contributed by atoms with van der Waals surface area (Å²) >= 11 is 0. The Morgan fingerprint density at radius 2 is 0.930 bits per heavy atom. The molecule has 0 bridgehead atoms. The maximum Gasteiger partial charge on any atom is 0.0462 e. The van der Waals surface area contributed by atoms with Gasteiger partial charge >= 0.3 is 0 Å². The molecule has 0 N–H and O–H groups in total. The Morgan fingerprint density at radius 1 is 0.474 bits per heavy atom. The van der Waals surface area contributed by atoms with E-state index in [2.05, 4.69) is 229 Å². The van der Waals surface area contributed by atoms with Crippen molar-refractivity contribution in [2.45, 2.75) is 19.8 Å². The van der Waals surface area contributed by atoms with Crippen molar-refractivity contribution in [3.05, 3.63) is 242 Å². The molecule has 57 heavy (non-hydrogen) atoms. The number of anilines is 6. The first-order valence-electron chi connectivity index (χ1n) is 19.7. The van der Waals surface area contributed by atoms with Crippen LogP contribution < -0.4 is 9.80 Å². The minimum Gasteiger partial charge on any atom is -0.311 e. The van der Waals surface area contributed by atoms with Crippen LogP contribution in [0.25, 0.3) is 33.4 Å². The van der Waals surface area contributed by atoms with E-state index in [9.17, 15) is 0 Å². The molecule has 276 valence electrons. The normalized spacial score (nSPS) is 12.6. The largest absolute Gasteiger partial charge is 0.311 e. The number of para-hydroxylation sites is 2. The Labute approximate surface area is 338 Å². The summed E-state index contributed by atoms with van der Waals surface area (Å²) < 4.78 is 0. The summed E-state index contributed by atoms with van der Waals surface area (Å²) in [6, 6.07) is 65.5. The van der Waals surface area contributed by atoms with Gasteiger partial charge in [0.1, 0.15) is 0 Å². The van der Waals surface area contributed by atoms with Crippen molar-refractivity contribution in [1.82, 2.24) is 0 Å². The molecule has 7 aromatic rings. The molecule has 1 aliphatic carbocycles. The molecule has 2 heteroatoms. The molecule has 1 aliphatic rings. The highest BCUT2D eigenvalue weighted by atomic mass is 15.1. The summed E-state index contributed by atoms with van der Waals surface area (Å²) in [4.78, 5) is 4.63. The predicted molar refractivity (Wildman–Crippen MR) is 246 cm³/mol. The van der Waals surface area contributed by atoms with Gasteiger partial charge in [-0.15, -0.1) is 0 Å². The fourth-order valence-corrected chi connectivity index (χ4v) is 7.52. The second-order valence-corrected chi connectivity index (χ2v) is 14.1. The van der Waals surface area contributed by atoms with Crippen LogP contribution in [0.2, 0.25) is 0 Å². The van der Waals surface area contributed by atoms with E-state index in [1.165, 1.54) is 33.4 Å². The highest BCUT2D eigenvalue weighted by Crippen LogP contribution is 2.39. The van der Waals surface area contributed by atoms with Gasteiger partial charge in [0.15, 0.2) is 0 Å². The molecule has 0 atom stereocenters. The van der Waals surface area contributed by atoms with Crippen LogP contribution in [0.5, 0.6) is 0 Å². The van der Waals surface area contributed by atoms with E-state index < -0.39 is 0 Å². The Kier molecular flexibility index (Phi) is 11.3. The molecule has 0 saturated heterocycles. The average Bonchev–Trinajstić information content (AvgIpc) is 3.29. The van der Waals surface area contributed by atoms with Gasteiger partial charge in [0.25, 0.3) is 0 Å². The number of hydrogen-bond acceptors (Lipinski definition) is 2. The number of allylic oxidation sites excluding steroid dienone is 9. The standard InChI is InChI=1S/C55H46N2/c1-3-15-42(16-4-2)44-25-33-52(34-26-44)56(50-21-10-6-11-22-50)54-37-29-46(30-38-54)48-19-14-20-49(41-48)47-31-39-55(40-32-47)57(51-23-12-7-13-24-51)53-35-27-45(28-36-53)43-17-8-5-9-18-43/h3-4,6-8,10-41H,1,5,9H2,2H3/b16-4-,42-15+. The lowest BCUT2D eigenvalue weighted by Crippen LogP contribution is -2.09. The fourth-order valence-electron chi connectivity index (χ4n) is 7.52. The van der Waals surface area contributed by atoms with Crippen molar-refractivity contribution in [3.63, 3.8) is 0 Å². The van der Waals surface area contributed by atoms with Crippen LogP contribution in [0.4, 0.5) is 34.1 Å². The lowest BCUT2D eigenvalue weighted by molar-refractivity contribution is 1.04. The summed E-state index contributed by atoms with van der Waals surface area (Å²) in [6.07, 6.45) is 17.1. The molecular weight excluding hydrogens is 689 g/mol. The second-order valence-electron chi connectivity index (χ2n) is 14.1. The van der Waals surface area contributed by atoms with Crippen molar-refractivity contribution < 1.29 is 0 Å². The zero-order valence-corrected chi connectivity index (χ0v) is 32.4. The number of hydrogen-bond donors (Lipinski definition) is 0. The molecule has 0 radical (unpaired) electrons. The van der Waals surface area contributed by atoms with Gasteiger partial charge in [0.2, 0.25) is 0 Å². The Morgan fingerprint density at radius 3 is 1.37 bits per heavy atom. The molecule has 8 rings (SSSR count). The molecule has 0 fully saturated rings. The maximum absolute atomic E-state index is 3.90. The van der Waals surface area contributed by atoms with Crippen LogP contribution in [0.1, 0.15) is 30.9 Å². The summed E-state index contributed by atoms with van der Waals surface area (Å²) in [5.41, 5.74) is 16.2. The topological polar surface area (TPSA) is 6.48 Å². The third-order valence-electron chi connectivity index (χ3n) is 10.4. The van der Waals surface area contributed by atoms with E-state index >= 15 is 0 Å². The van der Waals surface area contributed by atoms with Gasteiger partial charge in [-0.05, 0) is 143 Å². The van der Waals surface area contributed by atoms with Gasteiger partial charge in [-0.3, -0.25) is 0 Å². The minimum absolute atomic E-state index is 1.10. The van der Waals surface area contributed by atoms with Gasteiger partial charge < -0.3 is 9.80 Å². The van der Waals surface area contributed by atoms with E-state index in [0.29, 0.717) is 0 Å². The average molecular weight is 735 g/mol. The van der Waals surface area contributed by atoms with Crippen LogP contribution in [0, 0.1) is 0 Å². The third kappa shape index (κ3) is 8.42. The molecule has 0 aromatic heterocycles. The summed E-state index contributed by atoms with van der Waals surface area (Å²) in [7, 11) is 0. The van der Waals surface area contributed by atoms with Crippen LogP contribution in [0.3, 0.4) is 0 Å². The quantitative estimate of drug-likeness (QED) is 0.115. The zero-order valence-electron chi connectivity index (χ0n) is 32.4. The SMILES string of the molecule is C=C/C=C(\C=C/C)c1ccc(N(c2ccccc2)c2ccc(-c3cccc(-c4ccc(N(c5ccccc5)c5ccc(C6=CCCC=C6)cc5)cc4)c3)cc2)cc1. The molecule has 0 saturated carbocycles. The second kappa shape index (κ2) is 17.5. The van der Waals surface area contributed by atoms with Crippen molar-refractivity contribution in [3.8, 4) is 22.3 Å². The lowest BCUT2D eigenvalue weighted by atomic mass is 9.98. The van der Waals surface area contributed by atoms with Crippen LogP contribution >= 0.6 is 0 Å². The van der Waals surface area contributed by atoms with Crippen LogP contribution in [-0.2, 0) is 0 Å². The predicted octanol–water partition coefficient (Wildman–Crippen LogP) is 15.8. The maximum atomic E-state index is 3.90. The summed E-state index contributed by atoms with van der Waals surface area (Å²) in [5.74, 6) is 0. The summed E-state index contributed by atoms with van der Waals surface area (Å²) in [6.45, 7) is 5.94. The van der Waals surface area contributed by atoms with Gasteiger partial charge in [0, 0.05) is 34.1 Å². The van der Waals surface area contributed by atoms with Gasteiger partial charge in [0.05, 0.1) is 0 Å². The van der Waals surface area contributed by atoms with Gasteiger partial charge in [-0.1, -0.05) is 152 Å². The van der Waals surface area contributed by atoms with Crippen molar-refractivity contribution in [2.75, 3.05) is 9.80 Å². The van der Waals surface area contributed by atoms with Gasteiger partial charge in [-0.25, -0.2) is 0 Å². The molecule has 0 amide bonds. The van der Waals surface area contributed by atoms with E-state index in [1.807, 2.05) is 19.1 Å².